The summed E-state index contributed by atoms with van der Waals surface area (Å²) in [7, 11) is 0. The normalized spacial score (nSPS) is 18.1. The van der Waals surface area contributed by atoms with Crippen LogP contribution in [0.3, 0.4) is 0 Å². The topological polar surface area (TPSA) is 63.5 Å². The number of nitrogens with zero attached hydrogens (tertiary/aromatic N) is 2. The Morgan fingerprint density at radius 1 is 1.35 bits per heavy atom. The molecule has 0 aromatic heterocycles. The van der Waals surface area contributed by atoms with Gasteiger partial charge in [0.05, 0.1) is 4.92 Å². The number of carbonyl (C=O) groups excluding carboxylic acids is 1. The van der Waals surface area contributed by atoms with E-state index in [1.807, 2.05) is 18.7 Å². The minimum absolute atomic E-state index is 0.0526. The van der Waals surface area contributed by atoms with E-state index in [1.54, 1.807) is 6.08 Å². The van der Waals surface area contributed by atoms with E-state index in [0.717, 1.165) is 31.1 Å². The summed E-state index contributed by atoms with van der Waals surface area (Å²) in [5.41, 5.74) is 0.717. The molecule has 1 aliphatic rings. The number of hydrogen-bond acceptors (Lipinski definition) is 5. The van der Waals surface area contributed by atoms with Gasteiger partial charge in [-0.15, -0.1) is 0 Å². The summed E-state index contributed by atoms with van der Waals surface area (Å²) < 4.78 is 0. The van der Waals surface area contributed by atoms with Gasteiger partial charge in [0, 0.05) is 50.6 Å². The first kappa shape index (κ1) is 16.9. The van der Waals surface area contributed by atoms with Crippen molar-refractivity contribution in [3.05, 3.63) is 33.5 Å². The summed E-state index contributed by atoms with van der Waals surface area (Å²) in [5.74, 6) is 2.36. The Morgan fingerprint density at radius 2 is 2.00 bits per heavy atom. The van der Waals surface area contributed by atoms with Crippen LogP contribution in [0.1, 0.15) is 26.7 Å². The highest BCUT2D eigenvalue weighted by Crippen LogP contribution is 2.12. The zero-order valence-corrected chi connectivity index (χ0v) is 12.9. The van der Waals surface area contributed by atoms with Crippen LogP contribution in [0, 0.1) is 10.1 Å². The molecule has 0 spiro atoms. The van der Waals surface area contributed by atoms with E-state index in [-0.39, 0.29) is 11.5 Å². The van der Waals surface area contributed by atoms with Crippen LogP contribution in [0.4, 0.5) is 0 Å². The number of Topliss-reactive ketones (excluding diaryl/α,β-unsaturated/α-hetero) is 1. The molecule has 0 bridgehead atoms. The fourth-order valence-corrected chi connectivity index (χ4v) is 2.91. The number of ketones is 1. The van der Waals surface area contributed by atoms with Crippen LogP contribution in [0.25, 0.3) is 0 Å². The number of nitro groups is 1. The van der Waals surface area contributed by atoms with E-state index >= 15 is 0 Å². The van der Waals surface area contributed by atoms with Gasteiger partial charge in [-0.3, -0.25) is 14.9 Å². The van der Waals surface area contributed by atoms with Crippen LogP contribution < -0.4 is 0 Å². The second-order valence-corrected chi connectivity index (χ2v) is 5.96. The molecule has 20 heavy (non-hydrogen) atoms. The molecule has 5 nitrogen and oxygen atoms in total. The van der Waals surface area contributed by atoms with Crippen LogP contribution in [-0.2, 0) is 4.79 Å². The maximum atomic E-state index is 12.1. The molecule has 1 heterocycles. The number of rotatable bonds is 7. The number of allylic oxidation sites excluding steroid dienone is 4. The van der Waals surface area contributed by atoms with E-state index in [2.05, 4.69) is 4.90 Å². The molecule has 1 aliphatic heterocycles. The fourth-order valence-electron chi connectivity index (χ4n) is 1.94. The quantitative estimate of drug-likeness (QED) is 0.313. The van der Waals surface area contributed by atoms with Crippen molar-refractivity contribution in [1.29, 1.82) is 0 Å². The molecular formula is C14H22N2O3S. The number of carbonyl (C=O) groups is 1. The number of hydrogen-bond donors (Lipinski definition) is 0. The lowest BCUT2D eigenvalue weighted by Crippen LogP contribution is -2.34. The number of thioether (sulfide) groups is 1. The Hall–Kier alpha value is -1.14. The second kappa shape index (κ2) is 8.92. The maximum Gasteiger partial charge on any atom is 0.243 e. The van der Waals surface area contributed by atoms with E-state index in [9.17, 15) is 14.9 Å². The summed E-state index contributed by atoms with van der Waals surface area (Å²) in [6.45, 7) is 6.21. The molecule has 0 saturated carbocycles. The van der Waals surface area contributed by atoms with Gasteiger partial charge >= 0.3 is 0 Å². The molecule has 0 amide bonds. The highest BCUT2D eigenvalue weighted by molar-refractivity contribution is 7.99. The lowest BCUT2D eigenvalue weighted by atomic mass is 10.1. The van der Waals surface area contributed by atoms with Gasteiger partial charge in [-0.05, 0) is 18.1 Å². The van der Waals surface area contributed by atoms with E-state index in [0.29, 0.717) is 18.4 Å². The van der Waals surface area contributed by atoms with Gasteiger partial charge in [-0.2, -0.15) is 11.8 Å². The van der Waals surface area contributed by atoms with Gasteiger partial charge in [0.1, 0.15) is 0 Å². The van der Waals surface area contributed by atoms with Crippen molar-refractivity contribution >= 4 is 17.5 Å². The molecule has 112 valence electrons. The molecule has 0 aliphatic carbocycles. The molecule has 1 saturated heterocycles. The first-order chi connectivity index (χ1) is 9.54. The van der Waals surface area contributed by atoms with Crippen LogP contribution in [0.15, 0.2) is 23.4 Å². The van der Waals surface area contributed by atoms with Crippen molar-refractivity contribution in [1.82, 2.24) is 4.90 Å². The van der Waals surface area contributed by atoms with Crippen LogP contribution in [0.5, 0.6) is 0 Å². The Labute approximate surface area is 124 Å². The SMILES string of the molecule is CC/C(=C\C=C(/C)[N+](=O)[O-])C(=O)CCN1CCSCC1. The third kappa shape index (κ3) is 5.88. The van der Waals surface area contributed by atoms with Crippen molar-refractivity contribution in [2.24, 2.45) is 0 Å². The summed E-state index contributed by atoms with van der Waals surface area (Å²) in [5, 5.41) is 10.5. The molecule has 1 rings (SSSR count). The first-order valence-corrected chi connectivity index (χ1v) is 8.05. The van der Waals surface area contributed by atoms with Gasteiger partial charge in [0.25, 0.3) is 0 Å². The molecule has 0 aromatic carbocycles. The van der Waals surface area contributed by atoms with Crippen molar-refractivity contribution in [2.75, 3.05) is 31.1 Å². The Bertz CT molecular complexity index is 413. The smallest absolute Gasteiger partial charge is 0.243 e. The van der Waals surface area contributed by atoms with Gasteiger partial charge in [-0.25, -0.2) is 0 Å². The highest BCUT2D eigenvalue weighted by Gasteiger charge is 2.13. The molecule has 1 fully saturated rings. The molecule has 0 unspecified atom stereocenters. The predicted molar refractivity (Wildman–Crippen MR) is 82.5 cm³/mol. The summed E-state index contributed by atoms with van der Waals surface area (Å²) in [4.78, 5) is 24.5. The highest BCUT2D eigenvalue weighted by atomic mass is 32.2. The average Bonchev–Trinajstić information content (AvgIpc) is 2.46. The molecule has 0 N–H and O–H groups in total. The average molecular weight is 298 g/mol. The largest absolute Gasteiger partial charge is 0.301 e. The molecule has 0 aromatic rings. The summed E-state index contributed by atoms with van der Waals surface area (Å²) in [6.07, 6.45) is 4.10. The maximum absolute atomic E-state index is 12.1. The van der Waals surface area contributed by atoms with Crippen LogP contribution >= 0.6 is 11.8 Å². The third-order valence-corrected chi connectivity index (χ3v) is 4.25. The predicted octanol–water partition coefficient (Wildman–Crippen LogP) is 2.51. The molecule has 0 atom stereocenters. The fraction of sp³-hybridized carbons (Fsp3) is 0.643. The van der Waals surface area contributed by atoms with E-state index < -0.39 is 4.92 Å². The molecule has 0 radical (unpaired) electrons. The minimum atomic E-state index is -0.445. The van der Waals surface area contributed by atoms with Crippen LogP contribution in [-0.4, -0.2) is 46.7 Å². The van der Waals surface area contributed by atoms with Crippen molar-refractivity contribution < 1.29 is 9.72 Å². The van der Waals surface area contributed by atoms with Gasteiger partial charge in [0.2, 0.25) is 5.70 Å². The lowest BCUT2D eigenvalue weighted by Gasteiger charge is -2.25. The Balaban J connectivity index is 2.51. The Kier molecular flexibility index (Phi) is 7.54. The van der Waals surface area contributed by atoms with E-state index in [4.69, 9.17) is 0 Å². The monoisotopic (exact) mass is 298 g/mol. The summed E-state index contributed by atoms with van der Waals surface area (Å²) >= 11 is 1.95. The molecular weight excluding hydrogens is 276 g/mol. The van der Waals surface area contributed by atoms with Gasteiger partial charge in [-0.1, -0.05) is 6.92 Å². The Morgan fingerprint density at radius 3 is 2.55 bits per heavy atom. The second-order valence-electron chi connectivity index (χ2n) is 4.74. The minimum Gasteiger partial charge on any atom is -0.301 e. The lowest BCUT2D eigenvalue weighted by molar-refractivity contribution is -0.424. The third-order valence-electron chi connectivity index (χ3n) is 3.31. The van der Waals surface area contributed by atoms with Crippen LogP contribution in [0.2, 0.25) is 0 Å². The zero-order chi connectivity index (χ0) is 15.0. The van der Waals surface area contributed by atoms with Gasteiger partial charge < -0.3 is 4.90 Å². The molecule has 6 heteroatoms. The van der Waals surface area contributed by atoms with Crippen molar-refractivity contribution in [3.63, 3.8) is 0 Å². The van der Waals surface area contributed by atoms with Crippen molar-refractivity contribution in [3.8, 4) is 0 Å². The van der Waals surface area contributed by atoms with Gasteiger partial charge in [0.15, 0.2) is 5.78 Å². The standard InChI is InChI=1S/C14H22N2O3S/c1-3-13(5-4-12(2)16(18)19)14(17)6-7-15-8-10-20-11-9-15/h4-5H,3,6-11H2,1-2H3/b12-4+,13-5+. The first-order valence-electron chi connectivity index (χ1n) is 6.89. The van der Waals surface area contributed by atoms with Crippen molar-refractivity contribution in [2.45, 2.75) is 26.7 Å². The zero-order valence-electron chi connectivity index (χ0n) is 12.1. The van der Waals surface area contributed by atoms with E-state index in [1.165, 1.54) is 13.0 Å². The summed E-state index contributed by atoms with van der Waals surface area (Å²) in [6, 6.07) is 0.